The number of pyridine rings is 1. The van der Waals surface area contributed by atoms with Crippen LogP contribution in [0.3, 0.4) is 0 Å². The van der Waals surface area contributed by atoms with Crippen LogP contribution in [0.1, 0.15) is 37.3 Å². The standard InChI is InChI=1S/C30H42F2N4O4Si/c1-29(39-4)16-22(38-3)24(31)25(26(29)32)36-18-20-17-33-27-21(8-11-35(27)19-40-14-15-41(5,6)7)23(20)30(28(36)37)9-12-34(2)13-10-30/h8,11,17H,9-10,12-16,18-19H2,1-7H3. The summed E-state index contributed by atoms with van der Waals surface area (Å²) in [6.07, 6.45) is 4.66. The lowest BCUT2D eigenvalue weighted by Crippen LogP contribution is -2.56. The highest BCUT2D eigenvalue weighted by molar-refractivity contribution is 6.76. The first-order valence-electron chi connectivity index (χ1n) is 14.3. The zero-order valence-electron chi connectivity index (χ0n) is 25.3. The van der Waals surface area contributed by atoms with E-state index in [1.165, 1.54) is 19.1 Å². The maximum atomic E-state index is 16.1. The number of halogens is 2. The lowest BCUT2D eigenvalue weighted by molar-refractivity contribution is -0.139. The quantitative estimate of drug-likeness (QED) is 0.301. The first kappa shape index (κ1) is 29.9. The van der Waals surface area contributed by atoms with E-state index in [4.69, 9.17) is 19.2 Å². The minimum absolute atomic E-state index is 0.000448. The second-order valence-electron chi connectivity index (χ2n) is 13.0. The molecular formula is C30H42F2N4O4Si. The molecule has 0 aromatic carbocycles. The summed E-state index contributed by atoms with van der Waals surface area (Å²) < 4.78 is 50.7. The van der Waals surface area contributed by atoms with E-state index in [0.717, 1.165) is 28.2 Å². The number of rotatable bonds is 8. The summed E-state index contributed by atoms with van der Waals surface area (Å²) in [5, 5.41) is 0.891. The number of carbonyl (C=O) groups excluding carboxylic acids is 1. The number of ether oxygens (including phenoxy) is 3. The highest BCUT2D eigenvalue weighted by Crippen LogP contribution is 2.50. The van der Waals surface area contributed by atoms with Crippen molar-refractivity contribution in [3.05, 3.63) is 52.7 Å². The van der Waals surface area contributed by atoms with Gasteiger partial charge in [-0.15, -0.1) is 0 Å². The molecular weight excluding hydrogens is 546 g/mol. The van der Waals surface area contributed by atoms with E-state index < -0.39 is 36.4 Å². The van der Waals surface area contributed by atoms with E-state index in [2.05, 4.69) is 24.5 Å². The van der Waals surface area contributed by atoms with Crippen LogP contribution in [0.5, 0.6) is 0 Å². The third-order valence-corrected chi connectivity index (χ3v) is 10.7. The molecule has 2 aromatic heterocycles. The fourth-order valence-electron chi connectivity index (χ4n) is 6.26. The first-order chi connectivity index (χ1) is 19.3. The molecule has 1 fully saturated rings. The lowest BCUT2D eigenvalue weighted by Gasteiger charge is -2.48. The van der Waals surface area contributed by atoms with Crippen molar-refractivity contribution in [2.45, 2.75) is 76.2 Å². The summed E-state index contributed by atoms with van der Waals surface area (Å²) in [7, 11) is 3.53. The van der Waals surface area contributed by atoms with Gasteiger partial charge in [0.15, 0.2) is 11.7 Å². The van der Waals surface area contributed by atoms with Crippen molar-refractivity contribution >= 4 is 25.0 Å². The number of amides is 1. The number of allylic oxidation sites excluding steroid dienone is 1. The maximum Gasteiger partial charge on any atom is 0.238 e. The Bertz CT molecular complexity index is 1410. The Balaban J connectivity index is 1.60. The van der Waals surface area contributed by atoms with E-state index in [1.54, 1.807) is 13.1 Å². The molecule has 0 radical (unpaired) electrons. The van der Waals surface area contributed by atoms with E-state index in [1.807, 2.05) is 23.9 Å². The molecule has 2 aliphatic heterocycles. The van der Waals surface area contributed by atoms with Crippen LogP contribution in [0.25, 0.3) is 11.0 Å². The highest BCUT2D eigenvalue weighted by Gasteiger charge is 2.53. The fourth-order valence-corrected chi connectivity index (χ4v) is 7.02. The minimum atomic E-state index is -1.45. The van der Waals surface area contributed by atoms with Crippen LogP contribution in [-0.4, -0.2) is 79.9 Å². The van der Waals surface area contributed by atoms with Gasteiger partial charge in [0, 0.05) is 46.0 Å². The Morgan fingerprint density at radius 2 is 1.85 bits per heavy atom. The van der Waals surface area contributed by atoms with Crippen molar-refractivity contribution < 1.29 is 27.8 Å². The maximum absolute atomic E-state index is 16.1. The molecule has 4 heterocycles. The predicted molar refractivity (Wildman–Crippen MR) is 156 cm³/mol. The Kier molecular flexibility index (Phi) is 7.95. The Hall–Kier alpha value is -2.60. The summed E-state index contributed by atoms with van der Waals surface area (Å²) in [6, 6.07) is 3.07. The normalized spacial score (nSPS) is 23.6. The molecule has 0 saturated carbocycles. The second-order valence-corrected chi connectivity index (χ2v) is 18.6. The predicted octanol–water partition coefficient (Wildman–Crippen LogP) is 5.47. The van der Waals surface area contributed by atoms with Crippen molar-refractivity contribution in [3.63, 3.8) is 0 Å². The van der Waals surface area contributed by atoms with Crippen LogP contribution >= 0.6 is 0 Å². The molecule has 1 amide bonds. The van der Waals surface area contributed by atoms with Crippen molar-refractivity contribution in [3.8, 4) is 0 Å². The molecule has 41 heavy (non-hydrogen) atoms. The molecule has 1 spiro atoms. The van der Waals surface area contributed by atoms with Gasteiger partial charge >= 0.3 is 0 Å². The summed E-state index contributed by atoms with van der Waals surface area (Å²) >= 11 is 0. The van der Waals surface area contributed by atoms with Crippen LogP contribution in [0.15, 0.2) is 41.6 Å². The monoisotopic (exact) mass is 588 g/mol. The number of hydrogen-bond donors (Lipinski definition) is 0. The van der Waals surface area contributed by atoms with E-state index in [0.29, 0.717) is 39.3 Å². The molecule has 3 aliphatic rings. The minimum Gasteiger partial charge on any atom is -0.498 e. The van der Waals surface area contributed by atoms with Gasteiger partial charge in [0.25, 0.3) is 0 Å². The van der Waals surface area contributed by atoms with Crippen molar-refractivity contribution in [1.29, 1.82) is 0 Å². The molecule has 8 nitrogen and oxygen atoms in total. The zero-order chi connectivity index (χ0) is 29.7. The highest BCUT2D eigenvalue weighted by atomic mass is 28.3. The van der Waals surface area contributed by atoms with E-state index >= 15 is 8.78 Å². The third-order valence-electron chi connectivity index (χ3n) is 8.99. The van der Waals surface area contributed by atoms with Gasteiger partial charge < -0.3 is 28.6 Å². The lowest BCUT2D eigenvalue weighted by atomic mass is 9.67. The topological polar surface area (TPSA) is 69.1 Å². The molecule has 0 N–H and O–H groups in total. The fraction of sp³-hybridized carbons (Fsp3) is 0.600. The van der Waals surface area contributed by atoms with Crippen LogP contribution in [0, 0.1) is 0 Å². The number of methoxy groups -OCH3 is 2. The second kappa shape index (κ2) is 10.9. The number of likely N-dealkylation sites (tertiary alicyclic amines) is 1. The third kappa shape index (κ3) is 5.15. The Labute approximate surface area is 241 Å². The summed E-state index contributed by atoms with van der Waals surface area (Å²) in [4.78, 5) is 22.8. The van der Waals surface area contributed by atoms with Gasteiger partial charge in [0.1, 0.15) is 29.4 Å². The molecule has 1 aliphatic carbocycles. The summed E-state index contributed by atoms with van der Waals surface area (Å²) in [5.74, 6) is -2.02. The van der Waals surface area contributed by atoms with Crippen LogP contribution < -0.4 is 0 Å². The zero-order valence-corrected chi connectivity index (χ0v) is 26.3. The molecule has 224 valence electrons. The molecule has 1 atom stereocenters. The number of nitrogens with zero attached hydrogens (tertiary/aromatic N) is 4. The van der Waals surface area contributed by atoms with Crippen molar-refractivity contribution in [2.24, 2.45) is 0 Å². The van der Waals surface area contributed by atoms with Gasteiger partial charge in [0.05, 0.1) is 19.1 Å². The Morgan fingerprint density at radius 1 is 1.15 bits per heavy atom. The number of carbonyl (C=O) groups is 1. The number of aromatic nitrogens is 2. The first-order valence-corrected chi connectivity index (χ1v) is 18.0. The van der Waals surface area contributed by atoms with Crippen molar-refractivity contribution in [1.82, 2.24) is 19.4 Å². The van der Waals surface area contributed by atoms with Gasteiger partial charge in [-0.1, -0.05) is 19.6 Å². The van der Waals surface area contributed by atoms with Gasteiger partial charge in [-0.05, 0) is 63.1 Å². The summed E-state index contributed by atoms with van der Waals surface area (Å²) in [6.45, 7) is 10.9. The van der Waals surface area contributed by atoms with Crippen LogP contribution in [-0.2, 0) is 37.7 Å². The molecule has 1 saturated heterocycles. The molecule has 5 rings (SSSR count). The van der Waals surface area contributed by atoms with Gasteiger partial charge in [-0.25, -0.2) is 13.8 Å². The molecule has 1 unspecified atom stereocenters. The van der Waals surface area contributed by atoms with Crippen LogP contribution in [0.2, 0.25) is 25.7 Å². The largest absolute Gasteiger partial charge is 0.498 e. The van der Waals surface area contributed by atoms with Gasteiger partial charge in [-0.2, -0.15) is 0 Å². The SMILES string of the molecule is COC1=C(F)C(N2Cc3cnc4c(ccn4COCC[Si](C)(C)C)c3C3(CCN(C)CC3)C2=O)=C(F)C(C)(OC)C1. The number of piperidine rings is 1. The van der Waals surface area contributed by atoms with E-state index in [-0.39, 0.29) is 24.6 Å². The van der Waals surface area contributed by atoms with E-state index in [9.17, 15) is 4.79 Å². The smallest absolute Gasteiger partial charge is 0.238 e. The van der Waals surface area contributed by atoms with Crippen molar-refractivity contribution in [2.75, 3.05) is 41.0 Å². The number of fused-ring (bicyclic) bond motifs is 4. The average molecular weight is 589 g/mol. The molecule has 2 aromatic rings. The van der Waals surface area contributed by atoms with Crippen LogP contribution in [0.4, 0.5) is 8.78 Å². The Morgan fingerprint density at radius 3 is 2.49 bits per heavy atom. The molecule has 11 heteroatoms. The number of hydrogen-bond acceptors (Lipinski definition) is 6. The van der Waals surface area contributed by atoms with Gasteiger partial charge in [0.2, 0.25) is 5.91 Å². The van der Waals surface area contributed by atoms with Gasteiger partial charge in [-0.3, -0.25) is 4.79 Å². The molecule has 0 bridgehead atoms. The summed E-state index contributed by atoms with van der Waals surface area (Å²) in [5.41, 5.74) is -0.352. The average Bonchev–Trinajstić information content (AvgIpc) is 3.35.